The highest BCUT2D eigenvalue weighted by atomic mass is 15.0. The number of hydrogen-bond acceptors (Lipinski definition) is 1. The van der Waals surface area contributed by atoms with E-state index in [4.69, 9.17) is 0 Å². The molecule has 0 N–H and O–H groups in total. The van der Waals surface area contributed by atoms with Gasteiger partial charge in [-0.15, -0.1) is 0 Å². The molecular formula is C7H14BN. The summed E-state index contributed by atoms with van der Waals surface area (Å²) in [5.41, 5.74) is 1.63. The normalized spacial score (nSPS) is 21.7. The molecule has 0 spiro atoms. The fraction of sp³-hybridized carbons (Fsp3) is 0.714. The fourth-order valence-corrected chi connectivity index (χ4v) is 1.13. The van der Waals surface area contributed by atoms with Crippen LogP contribution in [0.4, 0.5) is 0 Å². The summed E-state index contributed by atoms with van der Waals surface area (Å²) in [5.74, 6) is 0. The highest BCUT2D eigenvalue weighted by Gasteiger charge is 2.04. The largest absolute Gasteiger partial charge is 0.345 e. The molecular weight excluding hydrogens is 109 g/mol. The van der Waals surface area contributed by atoms with Gasteiger partial charge in [0.2, 0.25) is 0 Å². The van der Waals surface area contributed by atoms with Crippen LogP contribution in [-0.4, -0.2) is 25.9 Å². The molecule has 0 saturated heterocycles. The lowest BCUT2D eigenvalue weighted by molar-refractivity contribution is 0.476. The first-order valence-electron chi connectivity index (χ1n) is 3.69. The van der Waals surface area contributed by atoms with Crippen molar-refractivity contribution in [1.82, 2.24) is 4.81 Å². The molecule has 1 rings (SSSR count). The molecule has 0 saturated carbocycles. The van der Waals surface area contributed by atoms with Gasteiger partial charge in [-0.25, -0.2) is 0 Å². The summed E-state index contributed by atoms with van der Waals surface area (Å²) in [6, 6.07) is 0. The van der Waals surface area contributed by atoms with Crippen molar-refractivity contribution in [2.24, 2.45) is 0 Å². The quantitative estimate of drug-likeness (QED) is 0.364. The van der Waals surface area contributed by atoms with Gasteiger partial charge in [-0.3, -0.25) is 0 Å². The number of nitrogens with zero attached hydrogens (tertiary/aromatic N) is 1. The molecule has 50 valence electrons. The van der Waals surface area contributed by atoms with Gasteiger partial charge >= 0.3 is 0 Å². The van der Waals surface area contributed by atoms with Crippen LogP contribution in [0.25, 0.3) is 0 Å². The molecule has 1 aliphatic rings. The Balaban J connectivity index is 2.40. The zero-order valence-corrected chi connectivity index (χ0v) is 6.35. The zero-order chi connectivity index (χ0) is 6.69. The first-order chi connectivity index (χ1) is 4.33. The van der Waals surface area contributed by atoms with Crippen molar-refractivity contribution in [2.45, 2.75) is 19.8 Å². The molecule has 0 atom stereocenters. The third-order valence-electron chi connectivity index (χ3n) is 1.96. The Labute approximate surface area is 58.2 Å². The van der Waals surface area contributed by atoms with Crippen molar-refractivity contribution in [1.29, 1.82) is 0 Å². The Kier molecular flexibility index (Phi) is 2.34. The van der Waals surface area contributed by atoms with Crippen LogP contribution in [0.1, 0.15) is 19.8 Å². The van der Waals surface area contributed by atoms with E-state index in [1.807, 2.05) is 0 Å². The third kappa shape index (κ3) is 1.86. The second-order valence-electron chi connectivity index (χ2n) is 2.73. The summed E-state index contributed by atoms with van der Waals surface area (Å²) < 4.78 is 0. The second kappa shape index (κ2) is 3.07. The van der Waals surface area contributed by atoms with Crippen LogP contribution in [0.3, 0.4) is 0 Å². The minimum absolute atomic E-state index is 1.16. The van der Waals surface area contributed by atoms with Gasteiger partial charge in [-0.2, -0.15) is 0 Å². The van der Waals surface area contributed by atoms with E-state index in [1.165, 1.54) is 19.4 Å². The Bertz CT molecular complexity index is 120. The molecule has 0 fully saturated rings. The molecule has 0 aliphatic carbocycles. The van der Waals surface area contributed by atoms with E-state index in [2.05, 4.69) is 25.8 Å². The summed E-state index contributed by atoms with van der Waals surface area (Å²) in [7, 11) is 2.17. The van der Waals surface area contributed by atoms with Gasteiger partial charge in [0.25, 0.3) is 0 Å². The van der Waals surface area contributed by atoms with Gasteiger partial charge < -0.3 is 4.81 Å². The standard InChI is InChI=1S/C7H14BN/c1-2-7-3-5-9(8)6-4-7/h3H,2,4-6,8H2,1H3. The van der Waals surface area contributed by atoms with E-state index >= 15 is 0 Å². The zero-order valence-electron chi connectivity index (χ0n) is 6.35. The van der Waals surface area contributed by atoms with Crippen LogP contribution >= 0.6 is 0 Å². The van der Waals surface area contributed by atoms with Crippen molar-refractivity contribution in [3.8, 4) is 0 Å². The van der Waals surface area contributed by atoms with Crippen LogP contribution in [-0.2, 0) is 0 Å². The molecule has 0 aromatic rings. The Morgan fingerprint density at radius 1 is 1.78 bits per heavy atom. The lowest BCUT2D eigenvalue weighted by atomic mass is 10.0. The van der Waals surface area contributed by atoms with Crippen LogP contribution in [0.15, 0.2) is 11.6 Å². The molecule has 1 heterocycles. The summed E-state index contributed by atoms with van der Waals surface area (Å²) in [6.07, 6.45) is 4.88. The third-order valence-corrected chi connectivity index (χ3v) is 1.96. The minimum Gasteiger partial charge on any atom is -0.345 e. The maximum atomic E-state index is 2.35. The summed E-state index contributed by atoms with van der Waals surface area (Å²) in [5, 5.41) is 0. The van der Waals surface area contributed by atoms with Crippen LogP contribution < -0.4 is 0 Å². The highest BCUT2D eigenvalue weighted by molar-refractivity contribution is 6.04. The van der Waals surface area contributed by atoms with Gasteiger partial charge in [-0.05, 0) is 19.4 Å². The van der Waals surface area contributed by atoms with Gasteiger partial charge in [0.05, 0.1) is 0 Å². The molecule has 1 nitrogen and oxygen atoms in total. The van der Waals surface area contributed by atoms with Crippen molar-refractivity contribution >= 4 is 7.98 Å². The number of hydrogen-bond donors (Lipinski definition) is 0. The fourth-order valence-electron chi connectivity index (χ4n) is 1.13. The van der Waals surface area contributed by atoms with Crippen molar-refractivity contribution in [3.63, 3.8) is 0 Å². The van der Waals surface area contributed by atoms with Crippen molar-refractivity contribution < 1.29 is 0 Å². The molecule has 9 heavy (non-hydrogen) atoms. The van der Waals surface area contributed by atoms with Crippen LogP contribution in [0.5, 0.6) is 0 Å². The molecule has 0 aromatic heterocycles. The molecule has 0 radical (unpaired) electrons. The Morgan fingerprint density at radius 3 is 3.00 bits per heavy atom. The van der Waals surface area contributed by atoms with Gasteiger partial charge in [0.1, 0.15) is 0 Å². The highest BCUT2D eigenvalue weighted by Crippen LogP contribution is 2.11. The van der Waals surface area contributed by atoms with Crippen molar-refractivity contribution in [2.75, 3.05) is 13.1 Å². The van der Waals surface area contributed by atoms with E-state index in [0.717, 1.165) is 6.54 Å². The molecule has 0 amide bonds. The average Bonchev–Trinajstić information content (AvgIpc) is 1.90. The topological polar surface area (TPSA) is 3.24 Å². The predicted octanol–water partition coefficient (Wildman–Crippen LogP) is 0.577. The molecule has 0 unspecified atom stereocenters. The van der Waals surface area contributed by atoms with Gasteiger partial charge in [0.15, 0.2) is 7.98 Å². The van der Waals surface area contributed by atoms with Crippen LogP contribution in [0, 0.1) is 0 Å². The van der Waals surface area contributed by atoms with E-state index in [-0.39, 0.29) is 0 Å². The van der Waals surface area contributed by atoms with Crippen molar-refractivity contribution in [3.05, 3.63) is 11.6 Å². The lowest BCUT2D eigenvalue weighted by Gasteiger charge is -2.21. The smallest absolute Gasteiger partial charge is 0.185 e. The minimum atomic E-state index is 1.16. The summed E-state index contributed by atoms with van der Waals surface area (Å²) in [6.45, 7) is 4.64. The molecule has 0 aromatic carbocycles. The lowest BCUT2D eigenvalue weighted by Crippen LogP contribution is -2.25. The molecule has 1 aliphatic heterocycles. The summed E-state index contributed by atoms with van der Waals surface area (Å²) in [4.78, 5) is 2.35. The maximum Gasteiger partial charge on any atom is 0.185 e. The summed E-state index contributed by atoms with van der Waals surface area (Å²) >= 11 is 0. The SMILES string of the molecule is BN1CC=C(CC)CC1. The number of rotatable bonds is 1. The predicted molar refractivity (Wildman–Crippen MR) is 43.1 cm³/mol. The van der Waals surface area contributed by atoms with E-state index in [9.17, 15) is 0 Å². The monoisotopic (exact) mass is 123 g/mol. The Hall–Kier alpha value is -0.235. The van der Waals surface area contributed by atoms with E-state index in [0.29, 0.717) is 0 Å². The van der Waals surface area contributed by atoms with E-state index < -0.39 is 0 Å². The van der Waals surface area contributed by atoms with Gasteiger partial charge in [0, 0.05) is 6.54 Å². The van der Waals surface area contributed by atoms with E-state index in [1.54, 1.807) is 5.57 Å². The van der Waals surface area contributed by atoms with Crippen LogP contribution in [0.2, 0.25) is 0 Å². The van der Waals surface area contributed by atoms with Gasteiger partial charge in [-0.1, -0.05) is 18.6 Å². The Morgan fingerprint density at radius 2 is 2.56 bits per heavy atom. The molecule has 0 bridgehead atoms. The molecule has 2 heteroatoms. The average molecular weight is 123 g/mol. The first-order valence-corrected chi connectivity index (χ1v) is 3.69. The maximum absolute atomic E-state index is 2.35. The first kappa shape index (κ1) is 6.88. The second-order valence-corrected chi connectivity index (χ2v) is 2.73.